The van der Waals surface area contributed by atoms with Crippen LogP contribution in [-0.4, -0.2) is 10.2 Å². The smallest absolute Gasteiger partial charge is 0.123 e. The van der Waals surface area contributed by atoms with E-state index in [-0.39, 0.29) is 5.82 Å². The molecule has 0 radical (unpaired) electrons. The second kappa shape index (κ2) is 5.82. The first-order chi connectivity index (χ1) is 9.26. The van der Waals surface area contributed by atoms with E-state index in [1.54, 1.807) is 24.4 Å². The van der Waals surface area contributed by atoms with E-state index in [9.17, 15) is 4.39 Å². The van der Waals surface area contributed by atoms with Gasteiger partial charge in [0, 0.05) is 11.1 Å². The fourth-order valence-corrected chi connectivity index (χ4v) is 1.83. The Morgan fingerprint density at radius 2 is 2.26 bits per heavy atom. The zero-order chi connectivity index (χ0) is 13.7. The van der Waals surface area contributed by atoms with Crippen LogP contribution in [0, 0.1) is 5.82 Å². The first kappa shape index (κ1) is 12.8. The predicted octanol–water partition coefficient (Wildman–Crippen LogP) is 3.26. The fourth-order valence-electron chi connectivity index (χ4n) is 1.83. The highest BCUT2D eigenvalue weighted by molar-refractivity contribution is 5.83. The number of aromatic nitrogens is 2. The molecule has 3 N–H and O–H groups in total. The molecular formula is C15H14FN3. The fraction of sp³-hybridized carbons (Fsp3) is 0. The van der Waals surface area contributed by atoms with Gasteiger partial charge in [-0.1, -0.05) is 30.9 Å². The summed E-state index contributed by atoms with van der Waals surface area (Å²) in [4.78, 5) is 0. The Bertz CT molecular complexity index is 638. The number of allylic oxidation sites excluding steroid dienone is 4. The number of hydrogen-bond donors (Lipinski definition) is 2. The van der Waals surface area contributed by atoms with E-state index in [0.717, 1.165) is 22.4 Å². The molecule has 0 aliphatic carbocycles. The van der Waals surface area contributed by atoms with Gasteiger partial charge in [0.25, 0.3) is 0 Å². The Kier molecular flexibility index (Phi) is 3.93. The summed E-state index contributed by atoms with van der Waals surface area (Å²) in [6.07, 6.45) is 8.34. The molecule has 0 saturated heterocycles. The molecular weight excluding hydrogens is 241 g/mol. The van der Waals surface area contributed by atoms with Crippen LogP contribution in [0.5, 0.6) is 0 Å². The van der Waals surface area contributed by atoms with Crippen molar-refractivity contribution in [2.24, 2.45) is 5.73 Å². The summed E-state index contributed by atoms with van der Waals surface area (Å²) in [5.74, 6) is -0.290. The number of H-pyrrole nitrogens is 1. The van der Waals surface area contributed by atoms with Gasteiger partial charge in [-0.05, 0) is 30.0 Å². The summed E-state index contributed by atoms with van der Waals surface area (Å²) >= 11 is 0. The number of benzene rings is 1. The molecule has 0 amide bonds. The minimum atomic E-state index is -0.290. The van der Waals surface area contributed by atoms with Gasteiger partial charge >= 0.3 is 0 Å². The van der Waals surface area contributed by atoms with Crippen molar-refractivity contribution in [1.82, 2.24) is 10.2 Å². The topological polar surface area (TPSA) is 54.7 Å². The standard InChI is InChI=1S/C15H14FN3/c1-2-4-11(7-8-17)14-10-18-19-15(14)12-5-3-6-13(16)9-12/h2-10H,1,17H2,(H,18,19)/b8-7-,11-4+. The van der Waals surface area contributed by atoms with Gasteiger partial charge in [0.1, 0.15) is 5.82 Å². The summed E-state index contributed by atoms with van der Waals surface area (Å²) in [6.45, 7) is 3.67. The average Bonchev–Trinajstić information content (AvgIpc) is 2.87. The minimum absolute atomic E-state index is 0.290. The highest BCUT2D eigenvalue weighted by Gasteiger charge is 2.10. The van der Waals surface area contributed by atoms with Gasteiger partial charge in [-0.25, -0.2) is 4.39 Å². The third-order valence-corrected chi connectivity index (χ3v) is 2.64. The molecule has 0 fully saturated rings. The maximum atomic E-state index is 13.3. The predicted molar refractivity (Wildman–Crippen MR) is 75.5 cm³/mol. The second-order valence-electron chi connectivity index (χ2n) is 3.89. The molecule has 96 valence electrons. The van der Waals surface area contributed by atoms with E-state index in [1.807, 2.05) is 12.1 Å². The zero-order valence-corrected chi connectivity index (χ0v) is 10.3. The summed E-state index contributed by atoms with van der Waals surface area (Å²) < 4.78 is 13.3. The summed E-state index contributed by atoms with van der Waals surface area (Å²) in [6, 6.07) is 6.33. The molecule has 0 atom stereocenters. The molecule has 0 bridgehead atoms. The number of rotatable bonds is 4. The SMILES string of the molecule is C=C/C=C(\C=C/N)c1cn[nH]c1-c1cccc(F)c1. The maximum Gasteiger partial charge on any atom is 0.123 e. The van der Waals surface area contributed by atoms with Gasteiger partial charge < -0.3 is 5.73 Å². The van der Waals surface area contributed by atoms with E-state index < -0.39 is 0 Å². The molecule has 1 aromatic carbocycles. The van der Waals surface area contributed by atoms with Crippen LogP contribution in [0.1, 0.15) is 5.56 Å². The molecule has 1 aromatic heterocycles. The number of nitrogens with two attached hydrogens (primary N) is 1. The Balaban J connectivity index is 2.53. The van der Waals surface area contributed by atoms with Crippen LogP contribution in [0.25, 0.3) is 16.8 Å². The van der Waals surface area contributed by atoms with Crippen LogP contribution in [0.2, 0.25) is 0 Å². The lowest BCUT2D eigenvalue weighted by atomic mass is 10.0. The molecule has 0 saturated carbocycles. The Labute approximate surface area is 111 Å². The normalized spacial score (nSPS) is 11.9. The quantitative estimate of drug-likeness (QED) is 0.824. The number of nitrogens with one attached hydrogen (secondary N) is 1. The summed E-state index contributed by atoms with van der Waals surface area (Å²) in [5, 5.41) is 6.90. The van der Waals surface area contributed by atoms with Crippen LogP contribution >= 0.6 is 0 Å². The Morgan fingerprint density at radius 1 is 1.42 bits per heavy atom. The van der Waals surface area contributed by atoms with Crippen LogP contribution in [0.4, 0.5) is 4.39 Å². The van der Waals surface area contributed by atoms with E-state index in [0.29, 0.717) is 0 Å². The number of aromatic amines is 1. The monoisotopic (exact) mass is 255 g/mol. The molecule has 2 aromatic rings. The van der Waals surface area contributed by atoms with Crippen molar-refractivity contribution in [3.8, 4) is 11.3 Å². The van der Waals surface area contributed by atoms with Gasteiger partial charge in [-0.15, -0.1) is 0 Å². The van der Waals surface area contributed by atoms with Gasteiger partial charge in [0.2, 0.25) is 0 Å². The molecule has 3 nitrogen and oxygen atoms in total. The largest absolute Gasteiger partial charge is 0.405 e. The summed E-state index contributed by atoms with van der Waals surface area (Å²) in [7, 11) is 0. The second-order valence-corrected chi connectivity index (χ2v) is 3.89. The third kappa shape index (κ3) is 2.80. The van der Waals surface area contributed by atoms with Crippen molar-refractivity contribution >= 4 is 5.57 Å². The Morgan fingerprint density at radius 3 is 2.95 bits per heavy atom. The lowest BCUT2D eigenvalue weighted by molar-refractivity contribution is 0.628. The number of halogens is 1. The number of nitrogens with zero attached hydrogens (tertiary/aromatic N) is 1. The van der Waals surface area contributed by atoms with Crippen LogP contribution in [-0.2, 0) is 0 Å². The zero-order valence-electron chi connectivity index (χ0n) is 10.3. The van der Waals surface area contributed by atoms with Crippen LogP contribution < -0.4 is 5.73 Å². The van der Waals surface area contributed by atoms with Gasteiger partial charge in [-0.3, -0.25) is 5.10 Å². The van der Waals surface area contributed by atoms with Gasteiger partial charge in [0.05, 0.1) is 11.9 Å². The van der Waals surface area contributed by atoms with E-state index >= 15 is 0 Å². The van der Waals surface area contributed by atoms with Crippen molar-refractivity contribution in [2.75, 3.05) is 0 Å². The van der Waals surface area contributed by atoms with Crippen molar-refractivity contribution in [3.63, 3.8) is 0 Å². The highest BCUT2D eigenvalue weighted by atomic mass is 19.1. The molecule has 0 unspecified atom stereocenters. The molecule has 19 heavy (non-hydrogen) atoms. The molecule has 0 aliphatic heterocycles. The Hall–Kier alpha value is -2.62. The maximum absolute atomic E-state index is 13.3. The van der Waals surface area contributed by atoms with E-state index in [2.05, 4.69) is 16.8 Å². The van der Waals surface area contributed by atoms with Crippen molar-refractivity contribution in [1.29, 1.82) is 0 Å². The molecule has 4 heteroatoms. The lowest BCUT2D eigenvalue weighted by Gasteiger charge is -2.04. The first-order valence-electron chi connectivity index (χ1n) is 5.77. The lowest BCUT2D eigenvalue weighted by Crippen LogP contribution is -1.87. The molecule has 2 rings (SSSR count). The molecule has 0 aliphatic rings. The van der Waals surface area contributed by atoms with E-state index in [4.69, 9.17) is 5.73 Å². The van der Waals surface area contributed by atoms with Crippen LogP contribution in [0.3, 0.4) is 0 Å². The molecule has 1 heterocycles. The van der Waals surface area contributed by atoms with Crippen molar-refractivity contribution in [3.05, 3.63) is 72.8 Å². The molecule has 0 spiro atoms. The summed E-state index contributed by atoms with van der Waals surface area (Å²) in [5.41, 5.74) is 8.60. The van der Waals surface area contributed by atoms with Gasteiger partial charge in [0.15, 0.2) is 0 Å². The van der Waals surface area contributed by atoms with Gasteiger partial charge in [-0.2, -0.15) is 5.10 Å². The van der Waals surface area contributed by atoms with Crippen molar-refractivity contribution in [2.45, 2.75) is 0 Å². The third-order valence-electron chi connectivity index (χ3n) is 2.64. The minimum Gasteiger partial charge on any atom is -0.405 e. The van der Waals surface area contributed by atoms with E-state index in [1.165, 1.54) is 18.3 Å². The van der Waals surface area contributed by atoms with Crippen molar-refractivity contribution < 1.29 is 4.39 Å². The first-order valence-corrected chi connectivity index (χ1v) is 5.77. The highest BCUT2D eigenvalue weighted by Crippen LogP contribution is 2.27. The van der Waals surface area contributed by atoms with Crippen LogP contribution in [0.15, 0.2) is 61.5 Å². The average molecular weight is 255 g/mol. The number of hydrogen-bond acceptors (Lipinski definition) is 2.